The van der Waals surface area contributed by atoms with Crippen LogP contribution in [0.3, 0.4) is 0 Å². The minimum absolute atomic E-state index is 0.633. The minimum Gasteiger partial charge on any atom is -0.361 e. The van der Waals surface area contributed by atoms with Crippen LogP contribution in [0.4, 0.5) is 0 Å². The molecule has 5 nitrogen and oxygen atoms in total. The number of rotatable bonds is 4. The minimum atomic E-state index is 0.633. The molecule has 0 atom stereocenters. The van der Waals surface area contributed by atoms with Crippen LogP contribution in [0.25, 0.3) is 17.2 Å². The Hall–Kier alpha value is -3.21. The average molecular weight is 315 g/mol. The Bertz CT molecular complexity index is 953. The lowest BCUT2D eigenvalue weighted by Crippen LogP contribution is -2.24. The molecule has 0 radical (unpaired) electrons. The normalized spacial score (nSPS) is 10.9. The number of nitrogens with zero attached hydrogens (tertiary/aromatic N) is 4. The summed E-state index contributed by atoms with van der Waals surface area (Å²) in [4.78, 5) is 12.2. The highest BCUT2D eigenvalue weighted by molar-refractivity contribution is 5.60. The van der Waals surface area contributed by atoms with E-state index >= 15 is 0 Å². The smallest absolute Gasteiger partial charge is 0.245 e. The van der Waals surface area contributed by atoms with Gasteiger partial charge in [-0.3, -0.25) is 4.57 Å². The van der Waals surface area contributed by atoms with Crippen molar-refractivity contribution in [1.29, 1.82) is 0 Å². The molecule has 0 saturated carbocycles. The van der Waals surface area contributed by atoms with Crippen LogP contribution in [0.1, 0.15) is 11.3 Å². The molecule has 0 amide bonds. The van der Waals surface area contributed by atoms with Crippen LogP contribution in [0.5, 0.6) is 0 Å². The van der Waals surface area contributed by atoms with Gasteiger partial charge in [0.25, 0.3) is 0 Å². The lowest BCUT2D eigenvalue weighted by Gasteiger charge is -2.06. The molecule has 0 aliphatic heterocycles. The number of aryl methyl sites for hydroxylation is 1. The van der Waals surface area contributed by atoms with Gasteiger partial charge in [0.1, 0.15) is 0 Å². The van der Waals surface area contributed by atoms with Crippen molar-refractivity contribution in [3.8, 4) is 17.2 Å². The first-order valence-electron chi connectivity index (χ1n) is 7.79. The largest absolute Gasteiger partial charge is 0.361 e. The molecule has 0 aliphatic rings. The molecular weight excluding hydrogens is 298 g/mol. The summed E-state index contributed by atoms with van der Waals surface area (Å²) in [5.74, 6) is 0.633. The predicted octanol–water partition coefficient (Wildman–Crippen LogP) is 2.48. The van der Waals surface area contributed by atoms with Gasteiger partial charge in [0, 0.05) is 42.6 Å². The van der Waals surface area contributed by atoms with Gasteiger partial charge in [-0.2, -0.15) is 0 Å². The third-order valence-corrected chi connectivity index (χ3v) is 3.84. The molecule has 24 heavy (non-hydrogen) atoms. The first kappa shape index (κ1) is 14.4. The Morgan fingerprint density at radius 2 is 2.17 bits per heavy atom. The van der Waals surface area contributed by atoms with Gasteiger partial charge in [-0.25, -0.2) is 9.97 Å². The van der Waals surface area contributed by atoms with Crippen molar-refractivity contribution in [1.82, 2.24) is 19.5 Å². The van der Waals surface area contributed by atoms with Crippen LogP contribution in [0, 0.1) is 6.33 Å². The number of aromatic amines is 1. The Kier molecular flexibility index (Phi) is 3.67. The Labute approximate surface area is 140 Å². The highest BCUT2D eigenvalue weighted by Gasteiger charge is 2.05. The van der Waals surface area contributed by atoms with Crippen molar-refractivity contribution in [3.05, 3.63) is 84.8 Å². The van der Waals surface area contributed by atoms with E-state index in [1.807, 2.05) is 42.3 Å². The van der Waals surface area contributed by atoms with Gasteiger partial charge >= 0.3 is 0 Å². The molecule has 0 saturated heterocycles. The molecule has 0 aliphatic carbocycles. The zero-order chi connectivity index (χ0) is 16.4. The van der Waals surface area contributed by atoms with Crippen molar-refractivity contribution in [2.75, 3.05) is 0 Å². The van der Waals surface area contributed by atoms with Crippen molar-refractivity contribution in [2.45, 2.75) is 6.42 Å². The van der Waals surface area contributed by atoms with Crippen molar-refractivity contribution < 1.29 is 4.57 Å². The Morgan fingerprint density at radius 1 is 1.21 bits per heavy atom. The molecule has 0 spiro atoms. The number of hydrogen-bond donors (Lipinski definition) is 1. The van der Waals surface area contributed by atoms with Crippen LogP contribution in [0.2, 0.25) is 0 Å². The second kappa shape index (κ2) is 6.12. The Morgan fingerprint density at radius 3 is 2.96 bits per heavy atom. The van der Waals surface area contributed by atoms with Crippen molar-refractivity contribution >= 4 is 0 Å². The van der Waals surface area contributed by atoms with Crippen molar-refractivity contribution in [3.63, 3.8) is 0 Å². The van der Waals surface area contributed by atoms with Crippen LogP contribution < -0.4 is 4.57 Å². The maximum Gasteiger partial charge on any atom is 0.245 e. The fraction of sp³-hybridized carbons (Fsp3) is 0.105. The molecule has 118 valence electrons. The zero-order valence-corrected chi connectivity index (χ0v) is 13.3. The predicted molar refractivity (Wildman–Crippen MR) is 90.4 cm³/mol. The molecular formula is C19H17N5. The maximum atomic E-state index is 4.64. The molecule has 4 aromatic rings. The summed E-state index contributed by atoms with van der Waals surface area (Å²) in [6.07, 6.45) is 11.4. The number of H-pyrrole nitrogens is 1. The highest BCUT2D eigenvalue weighted by Crippen LogP contribution is 2.19. The topological polar surface area (TPSA) is 50.4 Å². The van der Waals surface area contributed by atoms with E-state index < -0.39 is 0 Å². The maximum absolute atomic E-state index is 4.64. The van der Waals surface area contributed by atoms with E-state index in [-0.39, 0.29) is 0 Å². The van der Waals surface area contributed by atoms with Gasteiger partial charge in [-0.15, -0.1) is 0 Å². The van der Waals surface area contributed by atoms with Gasteiger partial charge in [0.15, 0.2) is 0 Å². The molecule has 3 heterocycles. The quantitative estimate of drug-likeness (QED) is 0.465. The van der Waals surface area contributed by atoms with Crippen LogP contribution in [-0.2, 0) is 13.5 Å². The SMILES string of the molecule is C[n+]1[c-]n(-c2nccc(Cc3cccc(-c4ccc[nH]4)c3)n2)cc1. The summed E-state index contributed by atoms with van der Waals surface area (Å²) in [5, 5.41) is 0. The van der Waals surface area contributed by atoms with Gasteiger partial charge in [-0.1, -0.05) is 18.2 Å². The van der Waals surface area contributed by atoms with E-state index in [1.165, 1.54) is 11.1 Å². The monoisotopic (exact) mass is 315 g/mol. The Balaban J connectivity index is 1.61. The highest BCUT2D eigenvalue weighted by atomic mass is 15.2. The lowest BCUT2D eigenvalue weighted by atomic mass is 10.0. The second-order valence-corrected chi connectivity index (χ2v) is 5.69. The number of imidazole rings is 1. The van der Waals surface area contributed by atoms with E-state index in [1.54, 1.807) is 10.8 Å². The summed E-state index contributed by atoms with van der Waals surface area (Å²) < 4.78 is 3.63. The van der Waals surface area contributed by atoms with E-state index in [4.69, 9.17) is 0 Å². The summed E-state index contributed by atoms with van der Waals surface area (Å²) in [7, 11) is 1.92. The van der Waals surface area contributed by atoms with Crippen molar-refractivity contribution in [2.24, 2.45) is 7.05 Å². The van der Waals surface area contributed by atoms with E-state index in [0.717, 1.165) is 17.8 Å². The molecule has 4 rings (SSSR count). The number of nitrogens with one attached hydrogen (secondary N) is 1. The molecule has 1 aromatic carbocycles. The summed E-state index contributed by atoms with van der Waals surface area (Å²) in [6.45, 7) is 0. The lowest BCUT2D eigenvalue weighted by molar-refractivity contribution is -0.674. The third kappa shape index (κ3) is 2.96. The van der Waals surface area contributed by atoms with Gasteiger partial charge < -0.3 is 9.55 Å². The van der Waals surface area contributed by atoms with Crippen LogP contribution >= 0.6 is 0 Å². The summed E-state index contributed by atoms with van der Waals surface area (Å²) >= 11 is 0. The fourth-order valence-corrected chi connectivity index (χ4v) is 2.68. The fourth-order valence-electron chi connectivity index (χ4n) is 2.68. The molecule has 0 bridgehead atoms. The summed E-state index contributed by atoms with van der Waals surface area (Å²) in [5.41, 5.74) is 4.49. The van der Waals surface area contributed by atoms with E-state index in [2.05, 4.69) is 51.6 Å². The van der Waals surface area contributed by atoms with Crippen LogP contribution in [-0.4, -0.2) is 19.5 Å². The number of aromatic nitrogens is 5. The summed E-state index contributed by atoms with van der Waals surface area (Å²) in [6, 6.07) is 14.5. The number of hydrogen-bond acceptors (Lipinski definition) is 2. The third-order valence-electron chi connectivity index (χ3n) is 3.84. The molecule has 0 fully saturated rings. The average Bonchev–Trinajstić information content (AvgIpc) is 3.27. The van der Waals surface area contributed by atoms with Crippen LogP contribution in [0.15, 0.2) is 67.3 Å². The number of benzene rings is 1. The van der Waals surface area contributed by atoms with Gasteiger partial charge in [0.2, 0.25) is 12.3 Å². The van der Waals surface area contributed by atoms with E-state index in [9.17, 15) is 0 Å². The molecule has 3 aromatic heterocycles. The second-order valence-electron chi connectivity index (χ2n) is 5.69. The van der Waals surface area contributed by atoms with E-state index in [0.29, 0.717) is 5.95 Å². The standard InChI is InChI=1S/C19H17N5/c1-23-10-11-24(14-23)19-21-9-7-17(22-19)13-15-4-2-5-16(12-15)18-6-3-8-20-18/h2-12,20H,13H2,1H3. The first-order chi connectivity index (χ1) is 11.8. The molecule has 1 N–H and O–H groups in total. The zero-order valence-electron chi connectivity index (χ0n) is 13.3. The molecule has 5 heteroatoms. The first-order valence-corrected chi connectivity index (χ1v) is 7.79. The van der Waals surface area contributed by atoms with Gasteiger partial charge in [0.05, 0.1) is 7.05 Å². The van der Waals surface area contributed by atoms with Gasteiger partial charge in [-0.05, 0) is 35.4 Å². The molecule has 0 unspecified atom stereocenters.